The van der Waals surface area contributed by atoms with E-state index in [0.717, 1.165) is 6.26 Å². The van der Waals surface area contributed by atoms with E-state index in [4.69, 9.17) is 4.74 Å². The van der Waals surface area contributed by atoms with E-state index in [-0.39, 0.29) is 16.4 Å². The van der Waals surface area contributed by atoms with Crippen molar-refractivity contribution in [2.45, 2.75) is 31.2 Å². The van der Waals surface area contributed by atoms with Gasteiger partial charge in [0.05, 0.1) is 17.6 Å². The smallest absolute Gasteiger partial charge is 0.328 e. The van der Waals surface area contributed by atoms with Crippen LogP contribution in [-0.4, -0.2) is 39.7 Å². The molecule has 7 heteroatoms. The third kappa shape index (κ3) is 4.30. The highest BCUT2D eigenvalue weighted by molar-refractivity contribution is 7.90. The van der Waals surface area contributed by atoms with Crippen molar-refractivity contribution in [3.05, 3.63) is 29.8 Å². The van der Waals surface area contributed by atoms with Crippen molar-refractivity contribution < 1.29 is 22.7 Å². The van der Waals surface area contributed by atoms with Crippen LogP contribution in [0.15, 0.2) is 29.2 Å². The van der Waals surface area contributed by atoms with E-state index in [1.807, 2.05) is 13.8 Å². The Morgan fingerprint density at radius 1 is 1.27 bits per heavy atom. The third-order valence-electron chi connectivity index (χ3n) is 3.49. The molecule has 1 amide bonds. The number of benzene rings is 1. The molecule has 0 saturated carbocycles. The first-order valence-corrected chi connectivity index (χ1v) is 8.79. The van der Waals surface area contributed by atoms with Gasteiger partial charge in [0.2, 0.25) is 0 Å². The molecule has 0 aromatic heterocycles. The number of amides is 1. The number of ether oxygens (including phenoxy) is 1. The van der Waals surface area contributed by atoms with E-state index in [1.165, 1.54) is 19.2 Å². The van der Waals surface area contributed by atoms with Gasteiger partial charge in [0.1, 0.15) is 6.04 Å². The van der Waals surface area contributed by atoms with Gasteiger partial charge in [0.25, 0.3) is 5.91 Å². The van der Waals surface area contributed by atoms with Crippen molar-refractivity contribution in [2.75, 3.05) is 13.4 Å². The minimum atomic E-state index is -3.54. The predicted octanol–water partition coefficient (Wildman–Crippen LogP) is 1.41. The maximum Gasteiger partial charge on any atom is 0.328 e. The Hall–Kier alpha value is -1.89. The average molecular weight is 327 g/mol. The van der Waals surface area contributed by atoms with E-state index < -0.39 is 27.8 Å². The second kappa shape index (κ2) is 7.40. The minimum absolute atomic E-state index is 0.0159. The van der Waals surface area contributed by atoms with E-state index in [9.17, 15) is 18.0 Å². The highest BCUT2D eigenvalue weighted by atomic mass is 32.2. The van der Waals surface area contributed by atoms with Crippen LogP contribution in [0.3, 0.4) is 0 Å². The number of methoxy groups -OCH3 is 1. The Balaban J connectivity index is 3.14. The molecule has 1 aromatic rings. The monoisotopic (exact) mass is 327 g/mol. The molecular formula is C15H21NO5S. The van der Waals surface area contributed by atoms with E-state index in [1.54, 1.807) is 12.1 Å². The highest BCUT2D eigenvalue weighted by Crippen LogP contribution is 2.17. The summed E-state index contributed by atoms with van der Waals surface area (Å²) in [5, 5.41) is 2.57. The molecule has 0 aliphatic carbocycles. The van der Waals surface area contributed by atoms with Crippen LogP contribution < -0.4 is 5.32 Å². The molecule has 0 heterocycles. The normalized spacial score (nSPS) is 14.0. The lowest BCUT2D eigenvalue weighted by atomic mass is 9.99. The Kier molecular flexibility index (Phi) is 6.11. The van der Waals surface area contributed by atoms with Crippen molar-refractivity contribution >= 4 is 21.7 Å². The number of carbonyl (C=O) groups is 2. The molecule has 0 fully saturated rings. The summed E-state index contributed by atoms with van der Waals surface area (Å²) < 4.78 is 28.2. The summed E-state index contributed by atoms with van der Waals surface area (Å²) in [6, 6.07) is 5.06. The number of nitrogens with one attached hydrogen (secondary N) is 1. The van der Waals surface area contributed by atoms with Crippen LogP contribution in [0.5, 0.6) is 0 Å². The lowest BCUT2D eigenvalue weighted by Crippen LogP contribution is -2.45. The van der Waals surface area contributed by atoms with Gasteiger partial charge in [-0.15, -0.1) is 0 Å². The van der Waals surface area contributed by atoms with Crippen molar-refractivity contribution in [1.82, 2.24) is 5.32 Å². The first kappa shape index (κ1) is 18.2. The lowest BCUT2D eigenvalue weighted by Gasteiger charge is -2.22. The summed E-state index contributed by atoms with van der Waals surface area (Å²) in [4.78, 5) is 24.1. The molecule has 2 atom stereocenters. The summed E-state index contributed by atoms with van der Waals surface area (Å²) in [5.41, 5.74) is 0.0159. The van der Waals surface area contributed by atoms with Crippen molar-refractivity contribution in [2.24, 2.45) is 5.92 Å². The molecule has 6 nitrogen and oxygen atoms in total. The first-order valence-electron chi connectivity index (χ1n) is 6.90. The number of hydrogen-bond donors (Lipinski definition) is 1. The van der Waals surface area contributed by atoms with Gasteiger partial charge in [-0.05, 0) is 18.1 Å². The minimum Gasteiger partial charge on any atom is -0.467 e. The topological polar surface area (TPSA) is 89.5 Å². The third-order valence-corrected chi connectivity index (χ3v) is 4.64. The number of sulfone groups is 1. The molecular weight excluding hydrogens is 306 g/mol. The molecule has 1 aromatic carbocycles. The Labute approximate surface area is 130 Å². The molecule has 0 spiro atoms. The molecule has 0 bridgehead atoms. The van der Waals surface area contributed by atoms with Gasteiger partial charge >= 0.3 is 5.97 Å². The molecule has 0 saturated heterocycles. The number of hydrogen-bond acceptors (Lipinski definition) is 5. The van der Waals surface area contributed by atoms with Crippen LogP contribution in [0.4, 0.5) is 0 Å². The average Bonchev–Trinajstić information content (AvgIpc) is 2.50. The first-order chi connectivity index (χ1) is 10.2. The lowest BCUT2D eigenvalue weighted by molar-refractivity contribution is -0.144. The summed E-state index contributed by atoms with van der Waals surface area (Å²) in [7, 11) is -2.30. The molecule has 0 aliphatic rings. The standard InChI is InChI=1S/C15H21NO5S/c1-5-10(2)13(15(18)21-3)16-14(17)11-8-6-7-9-12(11)22(4,19)20/h6-10,13H,5H2,1-4H3,(H,16,17). The molecule has 2 unspecified atom stereocenters. The number of esters is 1. The van der Waals surface area contributed by atoms with Gasteiger partial charge in [0, 0.05) is 6.26 Å². The Morgan fingerprint density at radius 2 is 1.86 bits per heavy atom. The van der Waals surface area contributed by atoms with E-state index in [0.29, 0.717) is 6.42 Å². The SMILES string of the molecule is CCC(C)C(NC(=O)c1ccccc1S(C)(=O)=O)C(=O)OC. The van der Waals surface area contributed by atoms with Crippen LogP contribution in [0.2, 0.25) is 0 Å². The van der Waals surface area contributed by atoms with Gasteiger partial charge in [0.15, 0.2) is 9.84 Å². The predicted molar refractivity (Wildman–Crippen MR) is 82.3 cm³/mol. The van der Waals surface area contributed by atoms with Crippen molar-refractivity contribution in [3.8, 4) is 0 Å². The van der Waals surface area contributed by atoms with Gasteiger partial charge in [-0.3, -0.25) is 4.79 Å². The zero-order valence-corrected chi connectivity index (χ0v) is 13.9. The van der Waals surface area contributed by atoms with Crippen LogP contribution in [0.1, 0.15) is 30.6 Å². The van der Waals surface area contributed by atoms with Crippen molar-refractivity contribution in [3.63, 3.8) is 0 Å². The zero-order valence-electron chi connectivity index (χ0n) is 13.1. The molecule has 1 N–H and O–H groups in total. The molecule has 22 heavy (non-hydrogen) atoms. The van der Waals surface area contributed by atoms with Gasteiger partial charge < -0.3 is 10.1 Å². The Bertz CT molecular complexity index is 654. The van der Waals surface area contributed by atoms with Gasteiger partial charge in [-0.1, -0.05) is 32.4 Å². The molecule has 0 radical (unpaired) electrons. The fourth-order valence-corrected chi connectivity index (χ4v) is 2.88. The Morgan fingerprint density at radius 3 is 2.36 bits per heavy atom. The maximum atomic E-state index is 12.4. The van der Waals surface area contributed by atoms with Gasteiger partial charge in [-0.2, -0.15) is 0 Å². The van der Waals surface area contributed by atoms with Crippen molar-refractivity contribution in [1.29, 1.82) is 0 Å². The summed E-state index contributed by atoms with van der Waals surface area (Å²) in [5.74, 6) is -1.31. The van der Waals surface area contributed by atoms with Crippen LogP contribution >= 0.6 is 0 Å². The highest BCUT2D eigenvalue weighted by Gasteiger charge is 2.28. The van der Waals surface area contributed by atoms with E-state index in [2.05, 4.69) is 5.32 Å². The number of rotatable bonds is 6. The maximum absolute atomic E-state index is 12.4. The second-order valence-corrected chi connectivity index (χ2v) is 7.11. The summed E-state index contributed by atoms with van der Waals surface area (Å²) in [6.45, 7) is 3.70. The summed E-state index contributed by atoms with van der Waals surface area (Å²) >= 11 is 0. The molecule has 0 aliphatic heterocycles. The van der Waals surface area contributed by atoms with Crippen LogP contribution in [0, 0.1) is 5.92 Å². The largest absolute Gasteiger partial charge is 0.467 e. The van der Waals surface area contributed by atoms with Crippen LogP contribution in [0.25, 0.3) is 0 Å². The summed E-state index contributed by atoms with van der Waals surface area (Å²) in [6.07, 6.45) is 1.69. The van der Waals surface area contributed by atoms with Gasteiger partial charge in [-0.25, -0.2) is 13.2 Å². The quantitative estimate of drug-likeness (QED) is 0.798. The zero-order chi connectivity index (χ0) is 16.9. The number of carbonyl (C=O) groups excluding carboxylic acids is 2. The molecule has 1 rings (SSSR count). The van der Waals surface area contributed by atoms with Crippen LogP contribution in [-0.2, 0) is 19.4 Å². The van der Waals surface area contributed by atoms with E-state index >= 15 is 0 Å². The fraction of sp³-hybridized carbons (Fsp3) is 0.467. The second-order valence-electron chi connectivity index (χ2n) is 5.13. The fourth-order valence-electron chi connectivity index (χ4n) is 1.99. The molecule has 122 valence electrons.